The van der Waals surface area contributed by atoms with Gasteiger partial charge in [0.2, 0.25) is 4.92 Å². The second kappa shape index (κ2) is 4.10. The third-order valence-corrected chi connectivity index (χ3v) is 3.49. The van der Waals surface area contributed by atoms with Gasteiger partial charge in [0.1, 0.15) is 0 Å². The van der Waals surface area contributed by atoms with E-state index in [2.05, 4.69) is 11.8 Å². The Kier molecular flexibility index (Phi) is 2.81. The van der Waals surface area contributed by atoms with E-state index >= 15 is 0 Å². The van der Waals surface area contributed by atoms with Gasteiger partial charge in [0.05, 0.1) is 15.3 Å². The molecule has 15 heavy (non-hydrogen) atoms. The maximum Gasteiger partial charge on any atom is 0.417 e. The molecule has 0 radical (unpaired) electrons. The number of hydrogen-bond acceptors (Lipinski definition) is 4. The summed E-state index contributed by atoms with van der Waals surface area (Å²) in [5.41, 5.74) is 0.549. The van der Waals surface area contributed by atoms with Crippen LogP contribution in [-0.2, 0) is 4.84 Å². The van der Waals surface area contributed by atoms with E-state index in [9.17, 15) is 9.70 Å². The fraction of sp³-hybridized carbons (Fsp3) is 0.500. The lowest BCUT2D eigenvalue weighted by Gasteiger charge is -2.10. The number of hydrogen-bond donors (Lipinski definition) is 0. The molecular formula is C10H12NO3S+. The van der Waals surface area contributed by atoms with Crippen molar-refractivity contribution >= 4 is 17.3 Å². The van der Waals surface area contributed by atoms with Crippen molar-refractivity contribution in [2.45, 2.75) is 32.2 Å². The van der Waals surface area contributed by atoms with Crippen molar-refractivity contribution < 1.29 is 14.6 Å². The average molecular weight is 226 g/mol. The Bertz CT molecular complexity index is 399. The number of rotatable bonds is 3. The van der Waals surface area contributed by atoms with Gasteiger partial charge in [0.15, 0.2) is 0 Å². The summed E-state index contributed by atoms with van der Waals surface area (Å²) in [6.45, 7) is 2.07. The smallest absolute Gasteiger partial charge is 0.238 e. The summed E-state index contributed by atoms with van der Waals surface area (Å²) in [6, 6.07) is 1.41. The molecule has 5 heteroatoms. The summed E-state index contributed by atoms with van der Waals surface area (Å²) in [7, 11) is 0. The minimum absolute atomic E-state index is 0.308. The molecule has 0 aromatic carbocycles. The summed E-state index contributed by atoms with van der Waals surface area (Å²) in [4.78, 5) is 28.7. The van der Waals surface area contributed by atoms with E-state index in [-0.39, 0.29) is 6.04 Å². The van der Waals surface area contributed by atoms with Gasteiger partial charge in [0.25, 0.3) is 6.04 Å². The van der Waals surface area contributed by atoms with Gasteiger partial charge in [-0.05, 0) is 17.9 Å². The Hall–Kier alpha value is -1.23. The van der Waals surface area contributed by atoms with Crippen molar-refractivity contribution in [3.05, 3.63) is 26.8 Å². The summed E-state index contributed by atoms with van der Waals surface area (Å²) >= 11 is 1.45. The molecule has 1 aliphatic heterocycles. The number of unbranched alkanes of at least 4 members (excludes halogenated alkanes) is 1. The predicted molar refractivity (Wildman–Crippen MR) is 55.6 cm³/mol. The molecule has 80 valence electrons. The van der Waals surface area contributed by atoms with Gasteiger partial charge < -0.3 is 0 Å². The number of nitrogens with zero attached hydrogens (tertiary/aromatic N) is 1. The normalized spacial score (nSPS) is 19.9. The van der Waals surface area contributed by atoms with E-state index in [1.54, 1.807) is 6.07 Å². The molecule has 0 N–H and O–H groups in total. The zero-order valence-electron chi connectivity index (χ0n) is 8.43. The molecule has 2 heterocycles. The highest BCUT2D eigenvalue weighted by molar-refractivity contribution is 7.10. The Balaban J connectivity index is 2.28. The first-order valence-electron chi connectivity index (χ1n) is 5.00. The summed E-state index contributed by atoms with van der Waals surface area (Å²) in [5.74, 6) is -0.533. The molecule has 1 aromatic rings. The van der Waals surface area contributed by atoms with E-state index < -0.39 is 5.97 Å². The molecule has 0 fully saturated rings. The summed E-state index contributed by atoms with van der Waals surface area (Å²) in [5, 5.41) is 1.82. The van der Waals surface area contributed by atoms with Crippen LogP contribution in [0.25, 0.3) is 0 Å². The molecule has 0 saturated heterocycles. The Labute approximate surface area is 91.4 Å². The van der Waals surface area contributed by atoms with Crippen molar-refractivity contribution in [2.75, 3.05) is 0 Å². The Morgan fingerprint density at radius 2 is 2.40 bits per heavy atom. The highest BCUT2D eigenvalue weighted by atomic mass is 32.1. The second-order valence-corrected chi connectivity index (χ2v) is 4.47. The third kappa shape index (κ3) is 1.79. The zero-order chi connectivity index (χ0) is 10.8. The molecule has 1 aliphatic rings. The molecule has 0 aliphatic carbocycles. The highest BCUT2D eigenvalue weighted by Crippen LogP contribution is 2.34. The first-order valence-corrected chi connectivity index (χ1v) is 5.88. The van der Waals surface area contributed by atoms with Crippen LogP contribution < -0.4 is 0 Å². The Morgan fingerprint density at radius 1 is 1.60 bits per heavy atom. The van der Waals surface area contributed by atoms with Crippen molar-refractivity contribution in [2.24, 2.45) is 0 Å². The largest absolute Gasteiger partial charge is 0.417 e. The lowest BCUT2D eigenvalue weighted by atomic mass is 10.1. The standard InChI is InChI=1S/C10H12NO3S/c1-2-3-4-8-9-7(5-6-15-9)10(12)14-11(8)13/h5-6,8H,2-4H2,1H3/q+1. The van der Waals surface area contributed by atoms with Crippen LogP contribution in [0.3, 0.4) is 0 Å². The lowest BCUT2D eigenvalue weighted by Crippen LogP contribution is -2.27. The van der Waals surface area contributed by atoms with Crippen LogP contribution >= 0.6 is 11.3 Å². The highest BCUT2D eigenvalue weighted by Gasteiger charge is 2.42. The summed E-state index contributed by atoms with van der Waals surface area (Å²) in [6.07, 6.45) is 2.72. The van der Waals surface area contributed by atoms with Crippen molar-refractivity contribution in [3.63, 3.8) is 0 Å². The fourth-order valence-electron chi connectivity index (χ4n) is 1.67. The molecule has 2 rings (SSSR count). The van der Waals surface area contributed by atoms with Gasteiger partial charge in [-0.3, -0.25) is 0 Å². The Morgan fingerprint density at radius 3 is 3.13 bits per heavy atom. The molecule has 1 aromatic heterocycles. The molecule has 0 bridgehead atoms. The quantitative estimate of drug-likeness (QED) is 0.796. The van der Waals surface area contributed by atoms with Crippen LogP contribution in [0.2, 0.25) is 0 Å². The number of carbonyl (C=O) groups excluding carboxylic acids is 1. The number of carbonyl (C=O) groups is 1. The monoisotopic (exact) mass is 226 g/mol. The van der Waals surface area contributed by atoms with Crippen LogP contribution in [-0.4, -0.2) is 10.9 Å². The van der Waals surface area contributed by atoms with Gasteiger partial charge in [0, 0.05) is 6.42 Å². The first-order chi connectivity index (χ1) is 7.24. The molecule has 1 unspecified atom stereocenters. The van der Waals surface area contributed by atoms with Gasteiger partial charge in [-0.15, -0.1) is 16.2 Å². The van der Waals surface area contributed by atoms with E-state index in [4.69, 9.17) is 0 Å². The van der Waals surface area contributed by atoms with Gasteiger partial charge in [-0.25, -0.2) is 4.79 Å². The molecule has 1 atom stereocenters. The third-order valence-electron chi connectivity index (χ3n) is 2.48. The molecule has 0 saturated carbocycles. The van der Waals surface area contributed by atoms with Gasteiger partial charge >= 0.3 is 5.97 Å². The minimum atomic E-state index is -0.533. The van der Waals surface area contributed by atoms with Crippen LogP contribution in [0.4, 0.5) is 0 Å². The fourth-order valence-corrected chi connectivity index (χ4v) is 2.66. The first kappa shape index (κ1) is 10.3. The maximum absolute atomic E-state index is 11.5. The van der Waals surface area contributed by atoms with E-state index in [0.717, 1.165) is 24.1 Å². The minimum Gasteiger partial charge on any atom is -0.238 e. The second-order valence-electron chi connectivity index (χ2n) is 3.52. The average Bonchev–Trinajstić information content (AvgIpc) is 2.66. The predicted octanol–water partition coefficient (Wildman–Crippen LogP) is 2.84. The van der Waals surface area contributed by atoms with Crippen LogP contribution in [0.5, 0.6) is 0 Å². The molecule has 0 amide bonds. The SMILES string of the molecule is CCCCC1c2sccc2C(=O)O[N+]1=O. The molecular weight excluding hydrogens is 214 g/mol. The number of thiophene rings is 1. The maximum atomic E-state index is 11.5. The van der Waals surface area contributed by atoms with Gasteiger partial charge in [-0.2, -0.15) is 0 Å². The van der Waals surface area contributed by atoms with Crippen molar-refractivity contribution in [1.82, 2.24) is 0 Å². The van der Waals surface area contributed by atoms with Crippen LogP contribution in [0, 0.1) is 4.91 Å². The topological polar surface area (TPSA) is 46.4 Å². The van der Waals surface area contributed by atoms with Crippen molar-refractivity contribution in [1.29, 1.82) is 0 Å². The van der Waals surface area contributed by atoms with E-state index in [1.807, 2.05) is 5.38 Å². The summed E-state index contributed by atoms with van der Waals surface area (Å²) < 4.78 is 0. The van der Waals surface area contributed by atoms with Crippen LogP contribution in [0.1, 0.15) is 47.5 Å². The van der Waals surface area contributed by atoms with E-state index in [0.29, 0.717) is 10.5 Å². The number of fused-ring (bicyclic) bond motifs is 1. The molecule has 4 nitrogen and oxygen atoms in total. The lowest BCUT2D eigenvalue weighted by molar-refractivity contribution is -0.808. The van der Waals surface area contributed by atoms with Crippen LogP contribution in [0.15, 0.2) is 11.4 Å². The van der Waals surface area contributed by atoms with E-state index in [1.165, 1.54) is 11.3 Å². The molecule has 0 spiro atoms. The zero-order valence-corrected chi connectivity index (χ0v) is 9.25. The van der Waals surface area contributed by atoms with Gasteiger partial charge in [-0.1, -0.05) is 13.3 Å². The van der Waals surface area contributed by atoms with Crippen molar-refractivity contribution in [3.8, 4) is 0 Å².